The highest BCUT2D eigenvalue weighted by Crippen LogP contribution is 2.34. The zero-order valence-electron chi connectivity index (χ0n) is 21.9. The second-order valence-electron chi connectivity index (χ2n) is 8.93. The molecule has 0 spiro atoms. The Labute approximate surface area is 333 Å². The maximum absolute atomic E-state index is 13.7. The van der Waals surface area contributed by atoms with Gasteiger partial charge in [-0.2, -0.15) is 8.42 Å². The number of aromatic hydroxyl groups is 2. The third-order valence-corrected chi connectivity index (χ3v) is 12.3. The van der Waals surface area contributed by atoms with Gasteiger partial charge in [0.15, 0.2) is 0 Å². The maximum Gasteiger partial charge on any atom is 0.342 e. The van der Waals surface area contributed by atoms with Gasteiger partial charge in [-0.3, -0.25) is 9.35 Å². The summed E-state index contributed by atoms with van der Waals surface area (Å²) in [6, 6.07) is 8.57. The van der Waals surface area contributed by atoms with E-state index in [2.05, 4.69) is 0 Å². The van der Waals surface area contributed by atoms with E-state index in [9.17, 15) is 37.6 Å². The smallest absolute Gasteiger partial charge is 0.342 e. The second kappa shape index (κ2) is 15.9. The number of halogens is 6. The fourth-order valence-corrected chi connectivity index (χ4v) is 11.3. The topological polar surface area (TPSA) is 174 Å². The Kier molecular flexibility index (Phi) is 13.9. The van der Waals surface area contributed by atoms with Gasteiger partial charge in [-0.1, -0.05) is 6.92 Å². The summed E-state index contributed by atoms with van der Waals surface area (Å²) in [6.45, 7) is 0.307. The first-order valence-electron chi connectivity index (χ1n) is 11.8. The lowest BCUT2D eigenvalue weighted by atomic mass is 9.87. The van der Waals surface area contributed by atoms with E-state index in [0.717, 1.165) is 0 Å². The SMILES string of the molecule is CCC(COC(=O)c1cc(I)cc(I)c1O)(COC(=O)c1cc(I)cc(I)c1O)C(=O)Oc1cc(I)c(S(=O)(=O)O)c(I)c1. The highest BCUT2D eigenvalue weighted by molar-refractivity contribution is 14.1. The van der Waals surface area contributed by atoms with Crippen molar-refractivity contribution in [2.45, 2.75) is 18.2 Å². The van der Waals surface area contributed by atoms with Crippen molar-refractivity contribution in [3.63, 3.8) is 0 Å². The molecule has 11 nitrogen and oxygen atoms in total. The van der Waals surface area contributed by atoms with Gasteiger partial charge in [0.2, 0.25) is 0 Å². The molecule has 3 rings (SSSR count). The molecule has 3 aromatic carbocycles. The first-order valence-corrected chi connectivity index (χ1v) is 19.7. The molecule has 0 aromatic heterocycles. The van der Waals surface area contributed by atoms with E-state index in [4.69, 9.17) is 14.2 Å². The van der Waals surface area contributed by atoms with Crippen molar-refractivity contribution in [1.82, 2.24) is 0 Å². The molecule has 0 radical (unpaired) electrons. The molecule has 0 aliphatic heterocycles. The van der Waals surface area contributed by atoms with Gasteiger partial charge in [0, 0.05) is 14.3 Å². The van der Waals surface area contributed by atoms with Crippen LogP contribution >= 0.6 is 136 Å². The van der Waals surface area contributed by atoms with Crippen LogP contribution in [0.15, 0.2) is 41.3 Å². The molecule has 0 atom stereocenters. The van der Waals surface area contributed by atoms with Gasteiger partial charge in [0.1, 0.15) is 51.9 Å². The van der Waals surface area contributed by atoms with Crippen LogP contribution in [0.3, 0.4) is 0 Å². The van der Waals surface area contributed by atoms with Crippen molar-refractivity contribution in [3.05, 3.63) is 68.9 Å². The van der Waals surface area contributed by atoms with Crippen LogP contribution in [0, 0.1) is 26.8 Å². The van der Waals surface area contributed by atoms with Crippen molar-refractivity contribution in [2.24, 2.45) is 5.41 Å². The maximum atomic E-state index is 13.7. The highest BCUT2D eigenvalue weighted by atomic mass is 127. The largest absolute Gasteiger partial charge is 0.506 e. The van der Waals surface area contributed by atoms with E-state index < -0.39 is 46.7 Å². The van der Waals surface area contributed by atoms with Crippen molar-refractivity contribution >= 4 is 164 Å². The van der Waals surface area contributed by atoms with E-state index in [-0.39, 0.29) is 46.8 Å². The summed E-state index contributed by atoms with van der Waals surface area (Å²) in [5, 5.41) is 20.9. The van der Waals surface area contributed by atoms with Gasteiger partial charge >= 0.3 is 17.9 Å². The average Bonchev–Trinajstić information content (AvgIpc) is 2.91. The lowest BCUT2D eigenvalue weighted by Crippen LogP contribution is -2.44. The molecule has 0 aliphatic rings. The number of hydrogen-bond donors (Lipinski definition) is 3. The third-order valence-electron chi connectivity index (χ3n) is 6.01. The lowest BCUT2D eigenvalue weighted by molar-refractivity contribution is -0.152. The van der Waals surface area contributed by atoms with Crippen molar-refractivity contribution < 1.29 is 51.8 Å². The first-order chi connectivity index (χ1) is 20.4. The number of carbonyl (C=O) groups is 3. The van der Waals surface area contributed by atoms with Crippen molar-refractivity contribution in [2.75, 3.05) is 13.2 Å². The summed E-state index contributed by atoms with van der Waals surface area (Å²) >= 11 is 11.0. The molecule has 0 unspecified atom stereocenters. The minimum atomic E-state index is -4.56. The molecule has 0 fully saturated rings. The Bertz CT molecular complexity index is 1670. The molecular formula is C26H18I6O11S. The fraction of sp³-hybridized carbons (Fsp3) is 0.192. The molecule has 18 heteroatoms. The molecule has 0 aliphatic carbocycles. The van der Waals surface area contributed by atoms with Gasteiger partial charge in [0.25, 0.3) is 10.1 Å². The standard InChI is InChI=1S/C26H18I6O11S/c1-2-26(9-41-23(35)14-3-11(27)5-16(29)20(14)33,10-42-24(36)15-4-12(28)6-17(30)21(15)34)25(37)43-13-7-18(31)22(19(32)8-13)44(38,39)40/h3-8,33-34H,2,9-10H2,1H3,(H,38,39,40). The summed E-state index contributed by atoms with van der Waals surface area (Å²) in [4.78, 5) is 39.5. The number of rotatable bonds is 10. The summed E-state index contributed by atoms with van der Waals surface area (Å²) in [5.41, 5.74) is -2.06. The Morgan fingerprint density at radius 1 is 0.727 bits per heavy atom. The summed E-state index contributed by atoms with van der Waals surface area (Å²) in [6.07, 6.45) is -0.0602. The number of benzene rings is 3. The third kappa shape index (κ3) is 9.31. The minimum absolute atomic E-state index is 0.0602. The van der Waals surface area contributed by atoms with Crippen LogP contribution in [0.5, 0.6) is 17.2 Å². The Hall–Kier alpha value is -0.0400. The number of carbonyl (C=O) groups excluding carboxylic acids is 3. The number of hydrogen-bond acceptors (Lipinski definition) is 10. The number of ether oxygens (including phenoxy) is 3. The van der Waals surface area contributed by atoms with Gasteiger partial charge in [-0.05, 0) is 178 Å². The van der Waals surface area contributed by atoms with Crippen LogP contribution < -0.4 is 4.74 Å². The van der Waals surface area contributed by atoms with Gasteiger partial charge < -0.3 is 24.4 Å². The fourth-order valence-electron chi connectivity index (χ4n) is 3.57. The van der Waals surface area contributed by atoms with E-state index in [1.54, 1.807) is 64.2 Å². The van der Waals surface area contributed by atoms with E-state index in [0.29, 0.717) is 14.3 Å². The van der Waals surface area contributed by atoms with E-state index in [1.165, 1.54) is 24.3 Å². The normalized spacial score (nSPS) is 11.6. The Balaban J connectivity index is 1.98. The average molecular weight is 1300 g/mol. The molecule has 0 amide bonds. The second-order valence-corrected chi connectivity index (χ2v) is 17.4. The van der Waals surface area contributed by atoms with Gasteiger partial charge in [0.05, 0.1) is 7.14 Å². The Morgan fingerprint density at radius 3 is 1.50 bits per heavy atom. The van der Waals surface area contributed by atoms with Crippen LogP contribution in [0.1, 0.15) is 34.1 Å². The predicted molar refractivity (Wildman–Crippen MR) is 208 cm³/mol. The molecule has 0 saturated carbocycles. The zero-order valence-corrected chi connectivity index (χ0v) is 35.6. The van der Waals surface area contributed by atoms with Crippen LogP contribution in [0.2, 0.25) is 0 Å². The predicted octanol–water partition coefficient (Wildman–Crippen LogP) is 6.99. The molecule has 0 heterocycles. The monoisotopic (exact) mass is 1300 g/mol. The molecule has 44 heavy (non-hydrogen) atoms. The van der Waals surface area contributed by atoms with Gasteiger partial charge in [-0.25, -0.2) is 9.59 Å². The number of esters is 3. The summed E-state index contributed by atoms with van der Waals surface area (Å²) < 4.78 is 51.9. The van der Waals surface area contributed by atoms with Crippen molar-refractivity contribution in [3.8, 4) is 17.2 Å². The molecule has 0 saturated heterocycles. The molecule has 3 aromatic rings. The van der Waals surface area contributed by atoms with Crippen LogP contribution in [-0.4, -0.2) is 54.3 Å². The summed E-state index contributed by atoms with van der Waals surface area (Å²) in [5.74, 6) is -3.56. The Morgan fingerprint density at radius 2 is 1.14 bits per heavy atom. The van der Waals surface area contributed by atoms with E-state index >= 15 is 0 Å². The summed E-state index contributed by atoms with van der Waals surface area (Å²) in [7, 11) is -4.56. The zero-order chi connectivity index (χ0) is 33.1. The van der Waals surface area contributed by atoms with Crippen LogP contribution in [-0.2, 0) is 24.4 Å². The highest BCUT2D eigenvalue weighted by Gasteiger charge is 2.43. The van der Waals surface area contributed by atoms with Crippen LogP contribution in [0.4, 0.5) is 0 Å². The quantitative estimate of drug-likeness (QED) is 0.0827. The number of phenolic OH excluding ortho intramolecular Hbond substituents is 2. The van der Waals surface area contributed by atoms with Crippen LogP contribution in [0.25, 0.3) is 0 Å². The van der Waals surface area contributed by atoms with Crippen molar-refractivity contribution in [1.29, 1.82) is 0 Å². The molecule has 0 bridgehead atoms. The first kappa shape index (κ1) is 38.4. The lowest BCUT2D eigenvalue weighted by Gasteiger charge is -2.29. The van der Waals surface area contributed by atoms with E-state index in [1.807, 2.05) is 90.4 Å². The number of phenols is 2. The van der Waals surface area contributed by atoms with Gasteiger partial charge in [-0.15, -0.1) is 0 Å². The molecule has 3 N–H and O–H groups in total. The molecular weight excluding hydrogens is 1280 g/mol. The molecule has 236 valence electrons. The minimum Gasteiger partial charge on any atom is -0.506 e.